The highest BCUT2D eigenvalue weighted by Gasteiger charge is 2.27. The number of likely N-dealkylation sites (tertiary alicyclic amines) is 2. The van der Waals surface area contributed by atoms with Crippen molar-refractivity contribution >= 4 is 11.7 Å². The SMILES string of the molecule is CCOc1ccc(NC(=O)N(CCCN2CCC(C)CC2)C2CCN(CC)CC2)cc1. The molecule has 6 heteroatoms. The molecule has 0 aromatic heterocycles. The van der Waals surface area contributed by atoms with E-state index in [1.807, 2.05) is 31.2 Å². The summed E-state index contributed by atoms with van der Waals surface area (Å²) < 4.78 is 5.51. The molecule has 1 aromatic rings. The summed E-state index contributed by atoms with van der Waals surface area (Å²) in [6.07, 6.45) is 5.77. The molecule has 2 fully saturated rings. The van der Waals surface area contributed by atoms with Crippen molar-refractivity contribution in [3.8, 4) is 5.75 Å². The lowest BCUT2D eigenvalue weighted by molar-refractivity contribution is 0.123. The van der Waals surface area contributed by atoms with E-state index in [2.05, 4.69) is 33.9 Å². The molecule has 0 radical (unpaired) electrons. The highest BCUT2D eigenvalue weighted by Crippen LogP contribution is 2.21. The van der Waals surface area contributed by atoms with Gasteiger partial charge in [-0.2, -0.15) is 0 Å². The molecule has 0 spiro atoms. The second kappa shape index (κ2) is 12.3. The Bertz CT molecular complexity index is 650. The Kier molecular flexibility index (Phi) is 9.47. The van der Waals surface area contributed by atoms with Gasteiger partial charge in [0.1, 0.15) is 5.75 Å². The fourth-order valence-corrected chi connectivity index (χ4v) is 4.74. The number of hydrogen-bond donors (Lipinski definition) is 1. The van der Waals surface area contributed by atoms with Gasteiger partial charge in [0.25, 0.3) is 0 Å². The van der Waals surface area contributed by atoms with Gasteiger partial charge in [-0.3, -0.25) is 0 Å². The Morgan fingerprint density at radius 3 is 2.29 bits per heavy atom. The number of benzene rings is 1. The fraction of sp³-hybridized carbons (Fsp3) is 0.720. The van der Waals surface area contributed by atoms with Gasteiger partial charge in [0.15, 0.2) is 0 Å². The molecule has 2 amide bonds. The van der Waals surface area contributed by atoms with Gasteiger partial charge < -0.3 is 24.8 Å². The van der Waals surface area contributed by atoms with Crippen LogP contribution in [0.5, 0.6) is 5.75 Å². The quantitative estimate of drug-likeness (QED) is 0.625. The van der Waals surface area contributed by atoms with E-state index < -0.39 is 0 Å². The van der Waals surface area contributed by atoms with Crippen LogP contribution >= 0.6 is 0 Å². The molecule has 2 heterocycles. The lowest BCUT2D eigenvalue weighted by Crippen LogP contribution is -2.49. The minimum absolute atomic E-state index is 0.0337. The number of nitrogens with one attached hydrogen (secondary N) is 1. The Morgan fingerprint density at radius 2 is 1.68 bits per heavy atom. The monoisotopic (exact) mass is 430 g/mol. The minimum Gasteiger partial charge on any atom is -0.494 e. The lowest BCUT2D eigenvalue weighted by atomic mass is 9.99. The first-order valence-electron chi connectivity index (χ1n) is 12.3. The minimum atomic E-state index is 0.0337. The van der Waals surface area contributed by atoms with Crippen molar-refractivity contribution in [3.05, 3.63) is 24.3 Å². The lowest BCUT2D eigenvalue weighted by Gasteiger charge is -2.38. The highest BCUT2D eigenvalue weighted by molar-refractivity contribution is 5.89. The van der Waals surface area contributed by atoms with Crippen LogP contribution in [0, 0.1) is 5.92 Å². The van der Waals surface area contributed by atoms with Crippen LogP contribution in [0.15, 0.2) is 24.3 Å². The van der Waals surface area contributed by atoms with Crippen LogP contribution in [0.3, 0.4) is 0 Å². The van der Waals surface area contributed by atoms with Gasteiger partial charge in [-0.15, -0.1) is 0 Å². The van der Waals surface area contributed by atoms with Crippen molar-refractivity contribution in [2.24, 2.45) is 5.92 Å². The molecular formula is C25H42N4O2. The molecule has 1 aromatic carbocycles. The van der Waals surface area contributed by atoms with Gasteiger partial charge in [0, 0.05) is 31.4 Å². The molecule has 0 aliphatic carbocycles. The molecule has 0 saturated carbocycles. The van der Waals surface area contributed by atoms with E-state index in [1.54, 1.807) is 0 Å². The van der Waals surface area contributed by atoms with Crippen LogP contribution in [0.4, 0.5) is 10.5 Å². The average molecular weight is 431 g/mol. The first-order valence-corrected chi connectivity index (χ1v) is 12.3. The van der Waals surface area contributed by atoms with Gasteiger partial charge in [0.05, 0.1) is 6.61 Å². The highest BCUT2D eigenvalue weighted by atomic mass is 16.5. The summed E-state index contributed by atoms with van der Waals surface area (Å²) in [4.78, 5) is 20.4. The first kappa shape index (κ1) is 23.9. The van der Waals surface area contributed by atoms with E-state index in [4.69, 9.17) is 4.74 Å². The first-order chi connectivity index (χ1) is 15.1. The van der Waals surface area contributed by atoms with Crippen molar-refractivity contribution in [2.45, 2.75) is 58.9 Å². The van der Waals surface area contributed by atoms with E-state index in [1.165, 1.54) is 25.9 Å². The summed E-state index contributed by atoms with van der Waals surface area (Å²) >= 11 is 0. The van der Waals surface area contributed by atoms with Crippen LogP contribution in [0.1, 0.15) is 52.9 Å². The fourth-order valence-electron chi connectivity index (χ4n) is 4.74. The van der Waals surface area contributed by atoms with Crippen LogP contribution in [0.2, 0.25) is 0 Å². The van der Waals surface area contributed by atoms with Gasteiger partial charge in [-0.25, -0.2) is 4.79 Å². The standard InChI is InChI=1S/C25H42N4O2/c1-4-27-19-13-23(14-20-27)29(16-6-15-28-17-11-21(3)12-18-28)25(30)26-22-7-9-24(10-8-22)31-5-2/h7-10,21,23H,4-6,11-20H2,1-3H3,(H,26,30). The van der Waals surface area contributed by atoms with Crippen molar-refractivity contribution in [1.29, 1.82) is 0 Å². The maximum atomic E-state index is 13.3. The molecule has 6 nitrogen and oxygen atoms in total. The Balaban J connectivity index is 1.56. The van der Waals surface area contributed by atoms with E-state index in [0.717, 1.165) is 69.3 Å². The Hall–Kier alpha value is -1.79. The largest absolute Gasteiger partial charge is 0.494 e. The molecule has 0 bridgehead atoms. The number of anilines is 1. The average Bonchev–Trinajstić information content (AvgIpc) is 2.79. The number of rotatable bonds is 9. The number of hydrogen-bond acceptors (Lipinski definition) is 4. The van der Waals surface area contributed by atoms with Gasteiger partial charge in [-0.1, -0.05) is 13.8 Å². The molecule has 2 aliphatic rings. The Morgan fingerprint density at radius 1 is 1.03 bits per heavy atom. The second-order valence-electron chi connectivity index (χ2n) is 9.12. The van der Waals surface area contributed by atoms with Gasteiger partial charge >= 0.3 is 6.03 Å². The molecule has 1 N–H and O–H groups in total. The number of urea groups is 1. The summed E-state index contributed by atoms with van der Waals surface area (Å²) in [5.41, 5.74) is 0.828. The maximum absolute atomic E-state index is 13.3. The molecule has 2 saturated heterocycles. The van der Waals surface area contributed by atoms with Gasteiger partial charge in [0.2, 0.25) is 0 Å². The van der Waals surface area contributed by atoms with Crippen molar-refractivity contribution in [2.75, 3.05) is 57.7 Å². The summed E-state index contributed by atoms with van der Waals surface area (Å²) in [6, 6.07) is 8.05. The Labute approximate surface area is 188 Å². The number of piperidine rings is 2. The number of carbonyl (C=O) groups is 1. The third-order valence-corrected chi connectivity index (χ3v) is 6.87. The third kappa shape index (κ3) is 7.39. The van der Waals surface area contributed by atoms with E-state index in [-0.39, 0.29) is 6.03 Å². The van der Waals surface area contributed by atoms with Crippen molar-refractivity contribution in [3.63, 3.8) is 0 Å². The predicted octanol–water partition coefficient (Wildman–Crippen LogP) is 4.53. The van der Waals surface area contributed by atoms with Crippen LogP contribution in [-0.4, -0.2) is 79.2 Å². The zero-order valence-electron chi connectivity index (χ0n) is 19.8. The van der Waals surface area contributed by atoms with E-state index in [9.17, 15) is 4.79 Å². The molecule has 0 unspecified atom stereocenters. The van der Waals surface area contributed by atoms with Crippen LogP contribution < -0.4 is 10.1 Å². The van der Waals surface area contributed by atoms with Crippen molar-refractivity contribution in [1.82, 2.24) is 14.7 Å². The van der Waals surface area contributed by atoms with E-state index >= 15 is 0 Å². The van der Waals surface area contributed by atoms with Crippen LogP contribution in [0.25, 0.3) is 0 Å². The third-order valence-electron chi connectivity index (χ3n) is 6.87. The molecule has 174 valence electrons. The van der Waals surface area contributed by atoms with E-state index in [0.29, 0.717) is 12.6 Å². The zero-order chi connectivity index (χ0) is 22.1. The summed E-state index contributed by atoms with van der Waals surface area (Å²) in [5.74, 6) is 1.69. The predicted molar refractivity (Wildman–Crippen MR) is 128 cm³/mol. The summed E-state index contributed by atoms with van der Waals surface area (Å²) in [7, 11) is 0. The smallest absolute Gasteiger partial charge is 0.322 e. The number of nitrogens with zero attached hydrogens (tertiary/aromatic N) is 3. The zero-order valence-corrected chi connectivity index (χ0v) is 19.8. The van der Waals surface area contributed by atoms with Gasteiger partial charge in [-0.05, 0) is 95.4 Å². The summed E-state index contributed by atoms with van der Waals surface area (Å²) in [6.45, 7) is 14.8. The second-order valence-corrected chi connectivity index (χ2v) is 9.12. The maximum Gasteiger partial charge on any atom is 0.322 e. The molecule has 2 aliphatic heterocycles. The van der Waals surface area contributed by atoms with Crippen molar-refractivity contribution < 1.29 is 9.53 Å². The number of carbonyl (C=O) groups excluding carboxylic acids is 1. The number of ether oxygens (including phenoxy) is 1. The molecule has 3 rings (SSSR count). The number of amides is 2. The topological polar surface area (TPSA) is 48.1 Å². The van der Waals surface area contributed by atoms with Crippen LogP contribution in [-0.2, 0) is 0 Å². The molecular weight excluding hydrogens is 388 g/mol. The normalized spacial score (nSPS) is 19.3. The molecule has 0 atom stereocenters. The molecule has 31 heavy (non-hydrogen) atoms. The summed E-state index contributed by atoms with van der Waals surface area (Å²) in [5, 5.41) is 3.13.